The van der Waals surface area contributed by atoms with E-state index in [1.165, 1.54) is 6.92 Å². The normalized spacial score (nSPS) is 13.8. The Bertz CT molecular complexity index is 519. The molecule has 0 radical (unpaired) electrons. The summed E-state index contributed by atoms with van der Waals surface area (Å²) in [5.41, 5.74) is 0.666. The van der Waals surface area contributed by atoms with Crippen molar-refractivity contribution < 1.29 is 32.2 Å². The average Bonchev–Trinajstić information content (AvgIpc) is 2.50. The van der Waals surface area contributed by atoms with Crippen LogP contribution in [0.2, 0.25) is 0 Å². The minimum absolute atomic E-state index is 0.0966. The number of amides is 1. The fourth-order valence-electron chi connectivity index (χ4n) is 1.70. The number of nitrogens with one attached hydrogen (secondary N) is 1. The summed E-state index contributed by atoms with van der Waals surface area (Å²) >= 11 is 0. The molecule has 1 N–H and O–H groups in total. The summed E-state index contributed by atoms with van der Waals surface area (Å²) in [5, 5.41) is 1.92. The molecule has 23 heavy (non-hydrogen) atoms. The highest BCUT2D eigenvalue weighted by Crippen LogP contribution is 2.29. The molecular weight excluding hydrogens is 315 g/mol. The lowest BCUT2D eigenvalue weighted by atomic mass is 10.0. The predicted octanol–water partition coefficient (Wildman–Crippen LogP) is 3.04. The van der Waals surface area contributed by atoms with Gasteiger partial charge >= 0.3 is 18.2 Å². The van der Waals surface area contributed by atoms with Gasteiger partial charge in [0.25, 0.3) is 0 Å². The number of carbonyl (C=O) groups is 2. The molecule has 1 aromatic rings. The Hall–Kier alpha value is -2.25. The Morgan fingerprint density at radius 2 is 1.78 bits per heavy atom. The van der Waals surface area contributed by atoms with Crippen LogP contribution >= 0.6 is 0 Å². The standard InChI is InChI=1S/C15H18F3NO4/c1-3-22-13(20)12(10(2)15(16,17)18)19-14(21)23-9-11-7-5-4-6-8-11/h4-8,10,12H,3,9H2,1-2H3,(H,19,21)/t10-,12+/m1/s1. The van der Waals surface area contributed by atoms with Crippen molar-refractivity contribution >= 4 is 12.1 Å². The van der Waals surface area contributed by atoms with Crippen LogP contribution in [0.4, 0.5) is 18.0 Å². The summed E-state index contributed by atoms with van der Waals surface area (Å²) in [6.45, 7) is 2.03. The Morgan fingerprint density at radius 1 is 1.17 bits per heavy atom. The van der Waals surface area contributed by atoms with Crippen molar-refractivity contribution in [1.29, 1.82) is 0 Å². The molecule has 1 rings (SSSR count). The summed E-state index contributed by atoms with van der Waals surface area (Å²) in [7, 11) is 0. The summed E-state index contributed by atoms with van der Waals surface area (Å²) < 4.78 is 47.8. The van der Waals surface area contributed by atoms with Gasteiger partial charge in [0, 0.05) is 0 Å². The average molecular weight is 333 g/mol. The molecule has 0 aromatic heterocycles. The number of halogens is 3. The Balaban J connectivity index is 2.68. The fourth-order valence-corrected chi connectivity index (χ4v) is 1.70. The van der Waals surface area contributed by atoms with Crippen molar-refractivity contribution in [2.24, 2.45) is 5.92 Å². The quantitative estimate of drug-likeness (QED) is 0.813. The minimum Gasteiger partial charge on any atom is -0.464 e. The molecule has 1 aromatic carbocycles. The lowest BCUT2D eigenvalue weighted by molar-refractivity contribution is -0.186. The number of alkyl halides is 3. The third-order valence-electron chi connectivity index (χ3n) is 3.04. The van der Waals surface area contributed by atoms with Crippen molar-refractivity contribution in [2.45, 2.75) is 32.7 Å². The van der Waals surface area contributed by atoms with E-state index in [0.29, 0.717) is 5.56 Å². The Kier molecular flexibility index (Phi) is 6.87. The maximum Gasteiger partial charge on any atom is 0.408 e. The number of alkyl carbamates (subject to hydrolysis) is 1. The molecule has 8 heteroatoms. The van der Waals surface area contributed by atoms with Gasteiger partial charge in [0.1, 0.15) is 12.6 Å². The van der Waals surface area contributed by atoms with Gasteiger partial charge in [-0.25, -0.2) is 9.59 Å². The zero-order valence-corrected chi connectivity index (χ0v) is 12.7. The second-order valence-corrected chi connectivity index (χ2v) is 4.77. The SMILES string of the molecule is CCOC(=O)[C@@H](NC(=O)OCc1ccccc1)[C@@H](C)C(F)(F)F. The molecule has 2 atom stereocenters. The number of esters is 1. The van der Waals surface area contributed by atoms with Gasteiger partial charge in [-0.2, -0.15) is 13.2 Å². The molecule has 0 saturated heterocycles. The second-order valence-electron chi connectivity index (χ2n) is 4.77. The Morgan fingerprint density at radius 3 is 2.30 bits per heavy atom. The molecule has 0 aliphatic rings. The molecule has 1 amide bonds. The van der Waals surface area contributed by atoms with Crippen LogP contribution in [-0.2, 0) is 20.9 Å². The summed E-state index contributed by atoms with van der Waals surface area (Å²) in [4.78, 5) is 23.3. The van der Waals surface area contributed by atoms with E-state index in [-0.39, 0.29) is 13.2 Å². The molecular formula is C15H18F3NO4. The highest BCUT2D eigenvalue weighted by atomic mass is 19.4. The van der Waals surface area contributed by atoms with Gasteiger partial charge in [0.15, 0.2) is 0 Å². The van der Waals surface area contributed by atoms with Crippen LogP contribution in [0.5, 0.6) is 0 Å². The van der Waals surface area contributed by atoms with Crippen LogP contribution in [0.25, 0.3) is 0 Å². The monoisotopic (exact) mass is 333 g/mol. The lowest BCUT2D eigenvalue weighted by Gasteiger charge is -2.24. The topological polar surface area (TPSA) is 64.6 Å². The first-order valence-electron chi connectivity index (χ1n) is 6.96. The summed E-state index contributed by atoms with van der Waals surface area (Å²) in [5.74, 6) is -3.26. The zero-order valence-electron chi connectivity index (χ0n) is 12.7. The molecule has 0 heterocycles. The number of rotatable bonds is 6. The van der Waals surface area contributed by atoms with Gasteiger partial charge < -0.3 is 14.8 Å². The fraction of sp³-hybridized carbons (Fsp3) is 0.467. The van der Waals surface area contributed by atoms with Crippen LogP contribution in [-0.4, -0.2) is 30.9 Å². The van der Waals surface area contributed by atoms with Crippen molar-refractivity contribution in [3.8, 4) is 0 Å². The number of carbonyl (C=O) groups excluding carboxylic acids is 2. The van der Waals surface area contributed by atoms with Crippen LogP contribution in [0.3, 0.4) is 0 Å². The molecule has 0 spiro atoms. The highest BCUT2D eigenvalue weighted by Gasteiger charge is 2.45. The van der Waals surface area contributed by atoms with Gasteiger partial charge in [-0.05, 0) is 12.5 Å². The first-order valence-corrected chi connectivity index (χ1v) is 6.96. The van der Waals surface area contributed by atoms with E-state index in [0.717, 1.165) is 6.92 Å². The third kappa shape index (κ3) is 6.17. The maximum absolute atomic E-state index is 12.8. The summed E-state index contributed by atoms with van der Waals surface area (Å²) in [6.07, 6.45) is -5.78. The minimum atomic E-state index is -4.66. The van der Waals surface area contributed by atoms with E-state index in [9.17, 15) is 22.8 Å². The van der Waals surface area contributed by atoms with E-state index < -0.39 is 30.2 Å². The van der Waals surface area contributed by atoms with Gasteiger partial charge in [-0.15, -0.1) is 0 Å². The highest BCUT2D eigenvalue weighted by molar-refractivity contribution is 5.81. The molecule has 0 fully saturated rings. The van der Waals surface area contributed by atoms with E-state index >= 15 is 0 Å². The smallest absolute Gasteiger partial charge is 0.408 e. The summed E-state index contributed by atoms with van der Waals surface area (Å²) in [6, 6.07) is 6.74. The van der Waals surface area contributed by atoms with Crippen LogP contribution < -0.4 is 5.32 Å². The number of ether oxygens (including phenoxy) is 2. The van der Waals surface area contributed by atoms with Crippen LogP contribution in [0.15, 0.2) is 30.3 Å². The van der Waals surface area contributed by atoms with E-state index in [2.05, 4.69) is 4.74 Å². The largest absolute Gasteiger partial charge is 0.464 e. The molecule has 5 nitrogen and oxygen atoms in total. The van der Waals surface area contributed by atoms with E-state index in [4.69, 9.17) is 4.74 Å². The predicted molar refractivity (Wildman–Crippen MR) is 75.4 cm³/mol. The van der Waals surface area contributed by atoms with Crippen LogP contribution in [0, 0.1) is 5.92 Å². The lowest BCUT2D eigenvalue weighted by Crippen LogP contribution is -2.50. The number of hydrogen-bond donors (Lipinski definition) is 1. The van der Waals surface area contributed by atoms with Gasteiger partial charge in [-0.1, -0.05) is 37.3 Å². The van der Waals surface area contributed by atoms with Gasteiger partial charge in [-0.3, -0.25) is 0 Å². The molecule has 0 unspecified atom stereocenters. The van der Waals surface area contributed by atoms with Gasteiger partial charge in [0.05, 0.1) is 12.5 Å². The van der Waals surface area contributed by atoms with E-state index in [1.54, 1.807) is 30.3 Å². The molecule has 128 valence electrons. The maximum atomic E-state index is 12.8. The van der Waals surface area contributed by atoms with E-state index in [1.807, 2.05) is 5.32 Å². The van der Waals surface area contributed by atoms with Crippen molar-refractivity contribution in [2.75, 3.05) is 6.61 Å². The van der Waals surface area contributed by atoms with Gasteiger partial charge in [0.2, 0.25) is 0 Å². The van der Waals surface area contributed by atoms with Crippen LogP contribution in [0.1, 0.15) is 19.4 Å². The molecule has 0 saturated carbocycles. The first-order chi connectivity index (χ1) is 10.8. The molecule has 0 bridgehead atoms. The first kappa shape index (κ1) is 18.8. The van der Waals surface area contributed by atoms with Crippen molar-refractivity contribution in [3.63, 3.8) is 0 Å². The Labute approximate surface area is 131 Å². The third-order valence-corrected chi connectivity index (χ3v) is 3.04. The zero-order chi connectivity index (χ0) is 17.5. The number of hydrogen-bond acceptors (Lipinski definition) is 4. The molecule has 0 aliphatic heterocycles. The number of benzene rings is 1. The second kappa shape index (κ2) is 8.40. The molecule has 0 aliphatic carbocycles. The van der Waals surface area contributed by atoms with Crippen molar-refractivity contribution in [1.82, 2.24) is 5.32 Å². The van der Waals surface area contributed by atoms with Crippen molar-refractivity contribution in [3.05, 3.63) is 35.9 Å².